The second kappa shape index (κ2) is 8.19. The second-order valence-corrected chi connectivity index (χ2v) is 4.69. The van der Waals surface area contributed by atoms with E-state index in [1.54, 1.807) is 24.3 Å². The first kappa shape index (κ1) is 16.0. The summed E-state index contributed by atoms with van der Waals surface area (Å²) in [6.45, 7) is 3.34. The minimum atomic E-state index is -0.959. The van der Waals surface area contributed by atoms with Crippen LogP contribution in [0, 0.1) is 0 Å². The maximum absolute atomic E-state index is 10.8. The number of benzene rings is 1. The van der Waals surface area contributed by atoms with Gasteiger partial charge in [-0.1, -0.05) is 19.8 Å². The topological polar surface area (TPSA) is 77.8 Å². The Kier molecular flexibility index (Phi) is 6.56. The quantitative estimate of drug-likeness (QED) is 0.680. The van der Waals surface area contributed by atoms with Gasteiger partial charge in [0.2, 0.25) is 0 Å². The van der Waals surface area contributed by atoms with Gasteiger partial charge in [0.05, 0.1) is 12.0 Å². The van der Waals surface area contributed by atoms with Crippen molar-refractivity contribution in [3.63, 3.8) is 0 Å². The largest absolute Gasteiger partial charge is 0.481 e. The standard InChI is InChI=1S/C15H21NO4/c1-2-3-4-10-16(11-9-14(17)18)13-7-5-12(6-8-13)15(19)20/h5-8H,2-4,9-11H2,1H3,(H,17,18)(H,19,20). The van der Waals surface area contributed by atoms with E-state index in [1.807, 2.05) is 4.90 Å². The van der Waals surface area contributed by atoms with Crippen LogP contribution in [0.5, 0.6) is 0 Å². The fourth-order valence-corrected chi connectivity index (χ4v) is 1.97. The first-order chi connectivity index (χ1) is 9.54. The fourth-order valence-electron chi connectivity index (χ4n) is 1.97. The predicted octanol–water partition coefficient (Wildman–Crippen LogP) is 2.86. The minimum absolute atomic E-state index is 0.0762. The molecular weight excluding hydrogens is 258 g/mol. The summed E-state index contributed by atoms with van der Waals surface area (Å²) in [6, 6.07) is 6.56. The third-order valence-electron chi connectivity index (χ3n) is 3.11. The van der Waals surface area contributed by atoms with Gasteiger partial charge in [0.25, 0.3) is 0 Å². The Labute approximate surface area is 118 Å². The van der Waals surface area contributed by atoms with Crippen molar-refractivity contribution < 1.29 is 19.8 Å². The molecule has 0 spiro atoms. The molecule has 20 heavy (non-hydrogen) atoms. The molecule has 0 heterocycles. The number of anilines is 1. The Hall–Kier alpha value is -2.04. The third kappa shape index (κ3) is 5.30. The molecule has 5 nitrogen and oxygen atoms in total. The number of hydrogen-bond donors (Lipinski definition) is 2. The lowest BCUT2D eigenvalue weighted by Crippen LogP contribution is -2.27. The Morgan fingerprint density at radius 3 is 2.20 bits per heavy atom. The zero-order valence-electron chi connectivity index (χ0n) is 11.7. The molecule has 0 radical (unpaired) electrons. The van der Waals surface area contributed by atoms with Crippen LogP contribution in [0.25, 0.3) is 0 Å². The SMILES string of the molecule is CCCCCN(CCC(=O)O)c1ccc(C(=O)O)cc1. The number of aliphatic carboxylic acids is 1. The van der Waals surface area contributed by atoms with E-state index in [9.17, 15) is 9.59 Å². The number of aromatic carboxylic acids is 1. The van der Waals surface area contributed by atoms with E-state index < -0.39 is 11.9 Å². The van der Waals surface area contributed by atoms with Crippen molar-refractivity contribution in [2.75, 3.05) is 18.0 Å². The predicted molar refractivity (Wildman–Crippen MR) is 77.4 cm³/mol. The van der Waals surface area contributed by atoms with E-state index in [0.717, 1.165) is 31.5 Å². The average molecular weight is 279 g/mol. The number of carboxylic acid groups (broad SMARTS) is 2. The van der Waals surface area contributed by atoms with Gasteiger partial charge in [-0.2, -0.15) is 0 Å². The summed E-state index contributed by atoms with van der Waals surface area (Å²) >= 11 is 0. The van der Waals surface area contributed by atoms with Gasteiger partial charge in [-0.15, -0.1) is 0 Å². The molecule has 0 aliphatic heterocycles. The highest BCUT2D eigenvalue weighted by molar-refractivity contribution is 5.88. The summed E-state index contributed by atoms with van der Waals surface area (Å²) in [5.74, 6) is -1.78. The summed E-state index contributed by atoms with van der Waals surface area (Å²) in [5, 5.41) is 17.7. The van der Waals surface area contributed by atoms with Crippen LogP contribution >= 0.6 is 0 Å². The molecule has 110 valence electrons. The number of nitrogens with zero attached hydrogens (tertiary/aromatic N) is 1. The highest BCUT2D eigenvalue weighted by Crippen LogP contribution is 2.17. The Morgan fingerprint density at radius 1 is 1.05 bits per heavy atom. The highest BCUT2D eigenvalue weighted by atomic mass is 16.4. The number of hydrogen-bond acceptors (Lipinski definition) is 3. The Balaban J connectivity index is 2.73. The van der Waals surface area contributed by atoms with Crippen LogP contribution in [0.15, 0.2) is 24.3 Å². The molecule has 5 heteroatoms. The van der Waals surface area contributed by atoms with Crippen LogP contribution in [-0.2, 0) is 4.79 Å². The maximum atomic E-state index is 10.8. The van der Waals surface area contributed by atoms with Crippen molar-refractivity contribution in [3.8, 4) is 0 Å². The highest BCUT2D eigenvalue weighted by Gasteiger charge is 2.10. The van der Waals surface area contributed by atoms with Crippen LogP contribution in [0.1, 0.15) is 43.0 Å². The van der Waals surface area contributed by atoms with E-state index in [4.69, 9.17) is 10.2 Å². The molecule has 2 N–H and O–H groups in total. The van der Waals surface area contributed by atoms with Crippen molar-refractivity contribution >= 4 is 17.6 Å². The fraction of sp³-hybridized carbons (Fsp3) is 0.467. The van der Waals surface area contributed by atoms with Crippen LogP contribution in [0.4, 0.5) is 5.69 Å². The average Bonchev–Trinajstić information content (AvgIpc) is 2.42. The van der Waals surface area contributed by atoms with Gasteiger partial charge in [0, 0.05) is 18.8 Å². The van der Waals surface area contributed by atoms with Gasteiger partial charge >= 0.3 is 11.9 Å². The van der Waals surface area contributed by atoms with Gasteiger partial charge in [-0.05, 0) is 30.7 Å². The number of unbranched alkanes of at least 4 members (excludes halogenated alkanes) is 2. The molecule has 0 bridgehead atoms. The monoisotopic (exact) mass is 279 g/mol. The van der Waals surface area contributed by atoms with Crippen molar-refractivity contribution in [3.05, 3.63) is 29.8 Å². The van der Waals surface area contributed by atoms with Crippen LogP contribution in [0.2, 0.25) is 0 Å². The number of carboxylic acids is 2. The molecule has 0 unspecified atom stereocenters. The normalized spacial score (nSPS) is 10.2. The van der Waals surface area contributed by atoms with Gasteiger partial charge in [0.1, 0.15) is 0 Å². The Morgan fingerprint density at radius 2 is 1.70 bits per heavy atom. The maximum Gasteiger partial charge on any atom is 0.335 e. The molecular formula is C15H21NO4. The molecule has 0 aromatic heterocycles. The molecule has 1 rings (SSSR count). The smallest absolute Gasteiger partial charge is 0.335 e. The number of carbonyl (C=O) groups is 2. The van der Waals surface area contributed by atoms with E-state index in [0.29, 0.717) is 6.54 Å². The van der Waals surface area contributed by atoms with E-state index in [2.05, 4.69) is 6.92 Å². The van der Waals surface area contributed by atoms with Crippen LogP contribution < -0.4 is 4.90 Å². The zero-order chi connectivity index (χ0) is 15.0. The van der Waals surface area contributed by atoms with Gasteiger partial charge in [-0.3, -0.25) is 4.79 Å². The van der Waals surface area contributed by atoms with Gasteiger partial charge in [-0.25, -0.2) is 4.79 Å². The zero-order valence-corrected chi connectivity index (χ0v) is 11.7. The van der Waals surface area contributed by atoms with Gasteiger partial charge in [0.15, 0.2) is 0 Å². The molecule has 1 aromatic carbocycles. The Bertz CT molecular complexity index is 442. The number of rotatable bonds is 9. The lowest BCUT2D eigenvalue weighted by molar-refractivity contribution is -0.136. The van der Waals surface area contributed by atoms with Crippen molar-refractivity contribution in [2.24, 2.45) is 0 Å². The molecule has 0 amide bonds. The van der Waals surface area contributed by atoms with E-state index >= 15 is 0 Å². The lowest BCUT2D eigenvalue weighted by atomic mass is 10.1. The summed E-state index contributed by atoms with van der Waals surface area (Å²) in [6.07, 6.45) is 3.27. The molecule has 0 aliphatic carbocycles. The van der Waals surface area contributed by atoms with Crippen molar-refractivity contribution in [2.45, 2.75) is 32.6 Å². The van der Waals surface area contributed by atoms with E-state index in [1.165, 1.54) is 0 Å². The minimum Gasteiger partial charge on any atom is -0.481 e. The summed E-state index contributed by atoms with van der Waals surface area (Å²) < 4.78 is 0. The summed E-state index contributed by atoms with van der Waals surface area (Å²) in [4.78, 5) is 23.5. The molecule has 0 saturated heterocycles. The van der Waals surface area contributed by atoms with Crippen molar-refractivity contribution in [1.29, 1.82) is 0 Å². The first-order valence-corrected chi connectivity index (χ1v) is 6.84. The van der Waals surface area contributed by atoms with Crippen LogP contribution in [0.3, 0.4) is 0 Å². The molecule has 1 aromatic rings. The van der Waals surface area contributed by atoms with Crippen molar-refractivity contribution in [1.82, 2.24) is 0 Å². The van der Waals surface area contributed by atoms with E-state index in [-0.39, 0.29) is 12.0 Å². The summed E-state index contributed by atoms with van der Waals surface area (Å²) in [5.41, 5.74) is 1.10. The van der Waals surface area contributed by atoms with Gasteiger partial charge < -0.3 is 15.1 Å². The van der Waals surface area contributed by atoms with Crippen LogP contribution in [-0.4, -0.2) is 35.2 Å². The first-order valence-electron chi connectivity index (χ1n) is 6.84. The molecule has 0 aliphatic rings. The molecule has 0 saturated carbocycles. The summed E-state index contributed by atoms with van der Waals surface area (Å²) in [7, 11) is 0. The second-order valence-electron chi connectivity index (χ2n) is 4.69. The lowest BCUT2D eigenvalue weighted by Gasteiger charge is -2.24. The molecule has 0 atom stereocenters. The third-order valence-corrected chi connectivity index (χ3v) is 3.11. The molecule has 0 fully saturated rings.